The van der Waals surface area contributed by atoms with Crippen LogP contribution < -0.4 is 10.1 Å². The normalized spacial score (nSPS) is 12.5. The number of carbonyl (C=O) groups excluding carboxylic acids is 1. The second kappa shape index (κ2) is 11.3. The van der Waals surface area contributed by atoms with Crippen molar-refractivity contribution in [3.8, 4) is 23.2 Å². The van der Waals surface area contributed by atoms with Crippen LogP contribution in [0.25, 0.3) is 11.4 Å². The predicted molar refractivity (Wildman–Crippen MR) is 154 cm³/mol. The molecule has 0 spiro atoms. The zero-order valence-electron chi connectivity index (χ0n) is 23.0. The quantitative estimate of drug-likeness (QED) is 0.348. The molecule has 0 aromatic carbocycles. The Labute approximate surface area is 231 Å². The first kappa shape index (κ1) is 29.4. The van der Waals surface area contributed by atoms with Gasteiger partial charge >= 0.3 is 0 Å². The van der Waals surface area contributed by atoms with Gasteiger partial charge in [0.25, 0.3) is 0 Å². The van der Waals surface area contributed by atoms with Crippen LogP contribution in [-0.2, 0) is 21.0 Å². The summed E-state index contributed by atoms with van der Waals surface area (Å²) in [5.74, 6) is 0.504. The van der Waals surface area contributed by atoms with E-state index in [9.17, 15) is 10.1 Å². The van der Waals surface area contributed by atoms with Crippen LogP contribution in [0.1, 0.15) is 51.4 Å². The van der Waals surface area contributed by atoms with Crippen molar-refractivity contribution in [1.82, 2.24) is 15.0 Å². The molecule has 0 aliphatic carbocycles. The molecule has 0 radical (unpaired) electrons. The molecule has 10 heteroatoms. The van der Waals surface area contributed by atoms with Gasteiger partial charge in [-0.05, 0) is 55.7 Å². The minimum Gasteiger partial charge on any atom is -0.495 e. The largest absolute Gasteiger partial charge is 0.495 e. The SMILES string of the molecule is COc1cc(NC(=O)Cc2ccc(-c3cc(C(C)(C)OS(C)(C)C(C)(C)C)cc(C#N)n3)nc2)ncc1Cl. The Bertz CT molecular complexity index is 1360. The summed E-state index contributed by atoms with van der Waals surface area (Å²) in [6.45, 7) is 10.5. The van der Waals surface area contributed by atoms with E-state index in [2.05, 4.69) is 59.6 Å². The number of hydrogen-bond acceptors (Lipinski definition) is 7. The highest BCUT2D eigenvalue weighted by molar-refractivity contribution is 8.29. The highest BCUT2D eigenvalue weighted by Gasteiger charge is 2.36. The van der Waals surface area contributed by atoms with E-state index in [0.29, 0.717) is 33.5 Å². The van der Waals surface area contributed by atoms with Gasteiger partial charge in [-0.15, -0.1) is 10.3 Å². The van der Waals surface area contributed by atoms with Crippen molar-refractivity contribution in [2.75, 3.05) is 24.9 Å². The van der Waals surface area contributed by atoms with Crippen molar-refractivity contribution in [1.29, 1.82) is 5.26 Å². The molecule has 3 aromatic heterocycles. The average Bonchev–Trinajstić information content (AvgIpc) is 2.84. The number of pyridine rings is 3. The van der Waals surface area contributed by atoms with Crippen LogP contribution in [0.4, 0.5) is 5.82 Å². The lowest BCUT2D eigenvalue weighted by atomic mass is 9.97. The summed E-state index contributed by atoms with van der Waals surface area (Å²) in [6.07, 6.45) is 7.44. The number of rotatable bonds is 8. The summed E-state index contributed by atoms with van der Waals surface area (Å²) < 4.78 is 11.8. The molecule has 0 unspecified atom stereocenters. The Morgan fingerprint density at radius 1 is 1.08 bits per heavy atom. The molecule has 38 heavy (non-hydrogen) atoms. The second-order valence-electron chi connectivity index (χ2n) is 10.7. The van der Waals surface area contributed by atoms with Crippen LogP contribution >= 0.6 is 21.9 Å². The maximum atomic E-state index is 12.5. The van der Waals surface area contributed by atoms with Crippen LogP contribution in [0, 0.1) is 11.3 Å². The molecule has 0 atom stereocenters. The lowest BCUT2D eigenvalue weighted by Gasteiger charge is -2.48. The summed E-state index contributed by atoms with van der Waals surface area (Å²) in [5.41, 5.74) is 2.35. The first-order chi connectivity index (χ1) is 17.6. The van der Waals surface area contributed by atoms with Gasteiger partial charge in [-0.2, -0.15) is 5.26 Å². The van der Waals surface area contributed by atoms with Crippen molar-refractivity contribution in [3.63, 3.8) is 0 Å². The third kappa shape index (κ3) is 7.01. The van der Waals surface area contributed by atoms with Gasteiger partial charge in [-0.1, -0.05) is 38.4 Å². The number of nitrogens with one attached hydrogen (secondary N) is 1. The van der Waals surface area contributed by atoms with Crippen LogP contribution in [0.5, 0.6) is 5.75 Å². The van der Waals surface area contributed by atoms with E-state index >= 15 is 0 Å². The predicted octanol–water partition coefficient (Wildman–Crippen LogP) is 6.28. The molecule has 3 rings (SSSR count). The summed E-state index contributed by atoms with van der Waals surface area (Å²) in [5, 5.41) is 12.7. The minimum atomic E-state index is -1.42. The Hall–Kier alpha value is -3.19. The molecule has 3 heterocycles. The van der Waals surface area contributed by atoms with Gasteiger partial charge in [0.15, 0.2) is 0 Å². The molecule has 0 bridgehead atoms. The number of amides is 1. The lowest BCUT2D eigenvalue weighted by Crippen LogP contribution is -2.32. The zero-order valence-corrected chi connectivity index (χ0v) is 24.6. The van der Waals surface area contributed by atoms with Gasteiger partial charge in [-0.25, -0.2) is 9.97 Å². The van der Waals surface area contributed by atoms with Gasteiger partial charge in [0.1, 0.15) is 34.0 Å². The van der Waals surface area contributed by atoms with Crippen molar-refractivity contribution in [3.05, 3.63) is 64.6 Å². The van der Waals surface area contributed by atoms with Crippen LogP contribution in [0.15, 0.2) is 42.7 Å². The summed E-state index contributed by atoms with van der Waals surface area (Å²) in [7, 11) is 0.0705. The molecule has 0 aliphatic heterocycles. The van der Waals surface area contributed by atoms with E-state index in [1.54, 1.807) is 24.4 Å². The Morgan fingerprint density at radius 2 is 1.79 bits per heavy atom. The van der Waals surface area contributed by atoms with E-state index in [0.717, 1.165) is 5.56 Å². The zero-order chi connectivity index (χ0) is 28.3. The van der Waals surface area contributed by atoms with Crippen molar-refractivity contribution < 1.29 is 13.7 Å². The lowest BCUT2D eigenvalue weighted by molar-refractivity contribution is -0.115. The summed E-state index contributed by atoms with van der Waals surface area (Å²) in [6, 6.07) is 11.0. The molecule has 202 valence electrons. The number of carbonyl (C=O) groups is 1. The van der Waals surface area contributed by atoms with Crippen molar-refractivity contribution >= 4 is 33.6 Å². The number of anilines is 1. The first-order valence-electron chi connectivity index (χ1n) is 12.0. The number of halogens is 1. The minimum absolute atomic E-state index is 0.0163. The molecule has 0 fully saturated rings. The monoisotopic (exact) mass is 555 g/mol. The standard InChI is InChI=1S/C28H34ClN5O3S/c1-27(2,3)38(7,8)37-28(4,5)19-12-20(15-30)33-23(13-19)22-10-9-18(16-31-22)11-26(35)34-25-14-24(36-6)21(29)17-32-25/h9-10,12-14,16-17H,11H2,1-8H3,(H,32,34,35). The molecule has 0 saturated heterocycles. The fourth-order valence-electron chi connectivity index (χ4n) is 3.46. The third-order valence-corrected chi connectivity index (χ3v) is 10.4. The number of nitrogens with zero attached hydrogens (tertiary/aromatic N) is 4. The van der Waals surface area contributed by atoms with Crippen LogP contribution in [-0.4, -0.2) is 45.2 Å². The van der Waals surface area contributed by atoms with Crippen molar-refractivity contribution in [2.24, 2.45) is 0 Å². The van der Waals surface area contributed by atoms with E-state index in [4.69, 9.17) is 20.5 Å². The molecular weight excluding hydrogens is 522 g/mol. The van der Waals surface area contributed by atoms with Gasteiger partial charge in [-0.3, -0.25) is 9.78 Å². The molecule has 8 nitrogen and oxygen atoms in total. The van der Waals surface area contributed by atoms with Crippen LogP contribution in [0.2, 0.25) is 5.02 Å². The van der Waals surface area contributed by atoms with E-state index in [-0.39, 0.29) is 22.8 Å². The van der Waals surface area contributed by atoms with Gasteiger partial charge in [0.05, 0.1) is 31.1 Å². The fourth-order valence-corrected chi connectivity index (χ4v) is 5.03. The molecule has 1 N–H and O–H groups in total. The number of nitriles is 1. The third-order valence-electron chi connectivity index (χ3n) is 6.29. The Balaban J connectivity index is 1.80. The number of methoxy groups -OCH3 is 1. The molecule has 0 aliphatic rings. The smallest absolute Gasteiger partial charge is 0.230 e. The Morgan fingerprint density at radius 3 is 2.37 bits per heavy atom. The number of aromatic nitrogens is 3. The number of hydrogen-bond donors (Lipinski definition) is 1. The summed E-state index contributed by atoms with van der Waals surface area (Å²) in [4.78, 5) is 25.6. The van der Waals surface area contributed by atoms with E-state index < -0.39 is 15.9 Å². The molecular formula is C28H34ClN5O3S. The molecule has 0 saturated carbocycles. The second-order valence-corrected chi connectivity index (χ2v) is 14.9. The highest BCUT2D eigenvalue weighted by Crippen LogP contribution is 2.57. The summed E-state index contributed by atoms with van der Waals surface area (Å²) >= 11 is 5.99. The highest BCUT2D eigenvalue weighted by atomic mass is 35.5. The average molecular weight is 556 g/mol. The number of ether oxygens (including phenoxy) is 1. The van der Waals surface area contributed by atoms with E-state index in [1.165, 1.54) is 13.3 Å². The maximum absolute atomic E-state index is 12.5. The van der Waals surface area contributed by atoms with Gasteiger partial charge in [0, 0.05) is 17.0 Å². The van der Waals surface area contributed by atoms with Crippen LogP contribution in [0.3, 0.4) is 0 Å². The van der Waals surface area contributed by atoms with Gasteiger partial charge in [0.2, 0.25) is 5.91 Å². The fraction of sp³-hybridized carbons (Fsp3) is 0.393. The Kier molecular flexibility index (Phi) is 8.72. The molecule has 3 aromatic rings. The van der Waals surface area contributed by atoms with Crippen molar-refractivity contribution in [2.45, 2.75) is 51.4 Å². The topological polar surface area (TPSA) is 110 Å². The molecule has 1 amide bonds. The maximum Gasteiger partial charge on any atom is 0.230 e. The van der Waals surface area contributed by atoms with E-state index in [1.807, 2.05) is 26.0 Å². The van der Waals surface area contributed by atoms with Gasteiger partial charge < -0.3 is 14.2 Å². The first-order valence-corrected chi connectivity index (χ1v) is 14.7.